The first kappa shape index (κ1) is 11.0. The van der Waals surface area contributed by atoms with Gasteiger partial charge in [0.2, 0.25) is 6.79 Å². The van der Waals surface area contributed by atoms with Gasteiger partial charge in [-0.1, -0.05) is 0 Å². The molecule has 5 nitrogen and oxygen atoms in total. The van der Waals surface area contributed by atoms with Crippen LogP contribution in [0.15, 0.2) is 0 Å². The van der Waals surface area contributed by atoms with Crippen molar-refractivity contribution in [2.45, 2.75) is 12.8 Å². The van der Waals surface area contributed by atoms with Crippen LogP contribution in [0.2, 0.25) is 0 Å². The molecule has 1 aliphatic heterocycles. The summed E-state index contributed by atoms with van der Waals surface area (Å²) in [6.45, 7) is 2.68. The highest BCUT2D eigenvalue weighted by Gasteiger charge is 2.24. The third-order valence-electron chi connectivity index (χ3n) is 2.37. The predicted molar refractivity (Wildman–Crippen MR) is 48.0 cm³/mol. The lowest BCUT2D eigenvalue weighted by Gasteiger charge is -2.27. The van der Waals surface area contributed by atoms with Gasteiger partial charge in [0.15, 0.2) is 0 Å². The first-order chi connectivity index (χ1) is 6.74. The van der Waals surface area contributed by atoms with Gasteiger partial charge >= 0.3 is 12.4 Å². The molecule has 0 aliphatic carbocycles. The first-order valence-corrected chi connectivity index (χ1v) is 4.58. The van der Waals surface area contributed by atoms with Crippen molar-refractivity contribution >= 4 is 12.4 Å². The summed E-state index contributed by atoms with van der Waals surface area (Å²) in [6.07, 6.45) is 1.61. The van der Waals surface area contributed by atoms with Crippen LogP contribution in [0.4, 0.5) is 0 Å². The Morgan fingerprint density at radius 3 is 2.71 bits per heavy atom. The van der Waals surface area contributed by atoms with Crippen LogP contribution in [0.5, 0.6) is 0 Å². The van der Waals surface area contributed by atoms with Crippen molar-refractivity contribution < 1.29 is 19.1 Å². The van der Waals surface area contributed by atoms with Gasteiger partial charge in [0.1, 0.15) is 0 Å². The van der Waals surface area contributed by atoms with E-state index in [2.05, 4.69) is 9.64 Å². The summed E-state index contributed by atoms with van der Waals surface area (Å²) in [4.78, 5) is 23.2. The Morgan fingerprint density at radius 1 is 1.50 bits per heavy atom. The van der Waals surface area contributed by atoms with Crippen molar-refractivity contribution in [2.24, 2.45) is 5.92 Å². The maximum absolute atomic E-state index is 11.3. The van der Waals surface area contributed by atoms with Gasteiger partial charge in [-0.2, -0.15) is 0 Å². The van der Waals surface area contributed by atoms with Gasteiger partial charge in [-0.15, -0.1) is 0 Å². The monoisotopic (exact) mass is 200 g/mol. The van der Waals surface area contributed by atoms with Crippen molar-refractivity contribution in [1.29, 1.82) is 0 Å². The van der Waals surface area contributed by atoms with Crippen molar-refractivity contribution in [3.63, 3.8) is 0 Å². The summed E-state index contributed by atoms with van der Waals surface area (Å²) < 4.78 is 8.87. The summed E-state index contributed by atoms with van der Waals surface area (Å²) in [6, 6.07) is 0. The SMILES string of the molecule is CN1CCC(C(=O)OCO[C]=O)CC1. The van der Waals surface area contributed by atoms with E-state index in [1.165, 1.54) is 6.47 Å². The van der Waals surface area contributed by atoms with E-state index in [1.54, 1.807) is 0 Å². The van der Waals surface area contributed by atoms with Gasteiger partial charge in [-0.25, -0.2) is 4.79 Å². The minimum Gasteiger partial charge on any atom is -0.428 e. The zero-order valence-electron chi connectivity index (χ0n) is 8.19. The van der Waals surface area contributed by atoms with E-state index < -0.39 is 0 Å². The van der Waals surface area contributed by atoms with Crippen LogP contribution in [0.1, 0.15) is 12.8 Å². The molecule has 14 heavy (non-hydrogen) atoms. The summed E-state index contributed by atoms with van der Waals surface area (Å²) in [5, 5.41) is 0. The van der Waals surface area contributed by atoms with Crippen LogP contribution >= 0.6 is 0 Å². The molecule has 0 bridgehead atoms. The lowest BCUT2D eigenvalue weighted by atomic mass is 9.97. The zero-order chi connectivity index (χ0) is 10.4. The van der Waals surface area contributed by atoms with Crippen molar-refractivity contribution in [3.05, 3.63) is 0 Å². The van der Waals surface area contributed by atoms with Crippen molar-refractivity contribution in [3.8, 4) is 0 Å². The Labute approximate surface area is 83.0 Å². The standard InChI is InChI=1S/C9H14NO4/c1-10-4-2-8(3-5-10)9(12)14-7-13-6-11/h8H,2-5,7H2,1H3. The van der Waals surface area contributed by atoms with E-state index in [0.29, 0.717) is 0 Å². The molecule has 79 valence electrons. The zero-order valence-corrected chi connectivity index (χ0v) is 8.19. The largest absolute Gasteiger partial charge is 0.428 e. The number of piperidine rings is 1. The molecule has 1 aliphatic rings. The van der Waals surface area contributed by atoms with Crippen molar-refractivity contribution in [1.82, 2.24) is 4.90 Å². The maximum atomic E-state index is 11.3. The lowest BCUT2D eigenvalue weighted by Crippen LogP contribution is -2.34. The topological polar surface area (TPSA) is 55.8 Å². The van der Waals surface area contributed by atoms with Crippen LogP contribution < -0.4 is 0 Å². The number of hydrogen-bond donors (Lipinski definition) is 0. The Hall–Kier alpha value is -1.10. The van der Waals surface area contributed by atoms with Gasteiger partial charge in [-0.05, 0) is 33.0 Å². The highest BCUT2D eigenvalue weighted by atomic mass is 16.7. The van der Waals surface area contributed by atoms with Crippen LogP contribution in [0, 0.1) is 5.92 Å². The van der Waals surface area contributed by atoms with E-state index in [0.717, 1.165) is 25.9 Å². The number of esters is 1. The molecule has 1 fully saturated rings. The highest BCUT2D eigenvalue weighted by molar-refractivity contribution is 5.72. The molecule has 1 radical (unpaired) electrons. The minimum absolute atomic E-state index is 0.0542. The van der Waals surface area contributed by atoms with Gasteiger partial charge in [0, 0.05) is 0 Å². The minimum atomic E-state index is -0.325. The van der Waals surface area contributed by atoms with Crippen LogP contribution in [-0.2, 0) is 19.1 Å². The number of nitrogens with zero attached hydrogens (tertiary/aromatic N) is 1. The molecule has 0 aromatic heterocycles. The summed E-state index contributed by atoms with van der Waals surface area (Å²) in [7, 11) is 2.02. The normalized spacial score (nSPS) is 18.9. The molecule has 0 saturated carbocycles. The van der Waals surface area contributed by atoms with Crippen LogP contribution in [0.3, 0.4) is 0 Å². The fourth-order valence-electron chi connectivity index (χ4n) is 1.47. The molecule has 5 heteroatoms. The third-order valence-corrected chi connectivity index (χ3v) is 2.37. The van der Waals surface area contributed by atoms with Crippen LogP contribution in [-0.4, -0.2) is 44.3 Å². The molecule has 0 spiro atoms. The molecular formula is C9H14NO4. The van der Waals surface area contributed by atoms with E-state index in [9.17, 15) is 9.59 Å². The summed E-state index contributed by atoms with van der Waals surface area (Å²) in [5.41, 5.74) is 0. The second-order valence-corrected chi connectivity index (χ2v) is 3.39. The van der Waals surface area contributed by atoms with Crippen molar-refractivity contribution in [2.75, 3.05) is 26.9 Å². The molecule has 0 aromatic carbocycles. The fraction of sp³-hybridized carbons (Fsp3) is 0.778. The quantitative estimate of drug-likeness (QED) is 0.361. The predicted octanol–water partition coefficient (Wildman–Crippen LogP) is -0.0873. The number of likely N-dealkylation sites (tertiary alicyclic amines) is 1. The Morgan fingerprint density at radius 2 is 2.14 bits per heavy atom. The lowest BCUT2D eigenvalue weighted by molar-refractivity contribution is -0.157. The molecule has 0 atom stereocenters. The molecule has 0 amide bonds. The smallest absolute Gasteiger partial charge is 0.420 e. The van der Waals surface area contributed by atoms with Gasteiger partial charge in [-0.3, -0.25) is 4.79 Å². The second-order valence-electron chi connectivity index (χ2n) is 3.39. The molecule has 0 aromatic rings. The number of carbonyl (C=O) groups excluding carboxylic acids is 2. The third kappa shape index (κ3) is 3.33. The number of ether oxygens (including phenoxy) is 2. The maximum Gasteiger partial charge on any atom is 0.420 e. The van der Waals surface area contributed by atoms with Crippen LogP contribution in [0.25, 0.3) is 0 Å². The first-order valence-electron chi connectivity index (χ1n) is 4.58. The second kappa shape index (κ2) is 5.59. The Balaban J connectivity index is 2.20. The average molecular weight is 200 g/mol. The summed E-state index contributed by atoms with van der Waals surface area (Å²) >= 11 is 0. The van der Waals surface area contributed by atoms with E-state index in [-0.39, 0.29) is 18.7 Å². The number of carbonyl (C=O) groups is 1. The van der Waals surface area contributed by atoms with Gasteiger partial charge in [0.25, 0.3) is 0 Å². The van der Waals surface area contributed by atoms with E-state index in [4.69, 9.17) is 4.74 Å². The Kier molecular flexibility index (Phi) is 4.39. The number of hydrogen-bond acceptors (Lipinski definition) is 5. The molecule has 0 N–H and O–H groups in total. The summed E-state index contributed by atoms with van der Waals surface area (Å²) in [5.74, 6) is -0.338. The molecule has 0 unspecified atom stereocenters. The molecule has 1 saturated heterocycles. The average Bonchev–Trinajstić information content (AvgIpc) is 2.19. The Bertz CT molecular complexity index is 199. The van der Waals surface area contributed by atoms with Gasteiger partial charge in [0.05, 0.1) is 5.92 Å². The van der Waals surface area contributed by atoms with E-state index in [1.807, 2.05) is 7.05 Å². The number of rotatable bonds is 4. The molecule has 1 heterocycles. The van der Waals surface area contributed by atoms with Gasteiger partial charge < -0.3 is 14.4 Å². The highest BCUT2D eigenvalue weighted by Crippen LogP contribution is 2.17. The van der Waals surface area contributed by atoms with E-state index >= 15 is 0 Å². The fourth-order valence-corrected chi connectivity index (χ4v) is 1.47. The molecule has 1 rings (SSSR count). The molecular weight excluding hydrogens is 186 g/mol.